The van der Waals surface area contributed by atoms with Crippen molar-refractivity contribution < 1.29 is 0 Å². The maximum Gasteiger partial charge on any atom is 0.165 e. The Morgan fingerprint density at radius 3 is 1.25 bits per heavy atom. The van der Waals surface area contributed by atoms with Gasteiger partial charge in [0.2, 0.25) is 0 Å². The van der Waals surface area contributed by atoms with Crippen LogP contribution in [0.4, 0.5) is 0 Å². The first-order valence-corrected chi connectivity index (χ1v) is 16.2. The normalized spacial score (nSPS) is 11.3. The van der Waals surface area contributed by atoms with Gasteiger partial charge in [-0.3, -0.25) is 0 Å². The molecule has 1 heterocycles. The summed E-state index contributed by atoms with van der Waals surface area (Å²) in [6, 6.07) is 61.7. The molecule has 0 aliphatic carbocycles. The Balaban J connectivity index is 1.30. The highest BCUT2D eigenvalue weighted by molar-refractivity contribution is 6.21. The van der Waals surface area contributed by atoms with E-state index in [1.54, 1.807) is 0 Å². The molecule has 0 atom stereocenters. The number of aromatic nitrogens is 3. The SMILES string of the molecule is c1ccc(-c2ccc(-c3nc(-c4ccccc4)nc(-c4c5ccccc5c(-c5ccc6ccccc6c5)c5ccccc45)n3)cc2)cc1. The molecule has 0 saturated carbocycles. The van der Waals surface area contributed by atoms with Gasteiger partial charge in [-0.05, 0) is 60.6 Å². The average Bonchev–Trinajstić information content (AvgIpc) is 3.17. The van der Waals surface area contributed by atoms with Gasteiger partial charge in [0.05, 0.1) is 0 Å². The predicted octanol–water partition coefficient (Wildman–Crippen LogP) is 11.7. The third-order valence-electron chi connectivity index (χ3n) is 9.11. The van der Waals surface area contributed by atoms with E-state index in [9.17, 15) is 0 Å². The Morgan fingerprint density at radius 1 is 0.250 bits per heavy atom. The fourth-order valence-corrected chi connectivity index (χ4v) is 6.80. The van der Waals surface area contributed by atoms with Gasteiger partial charge in [-0.15, -0.1) is 0 Å². The van der Waals surface area contributed by atoms with Crippen LogP contribution in [-0.2, 0) is 0 Å². The van der Waals surface area contributed by atoms with Crippen LogP contribution in [0.5, 0.6) is 0 Å². The summed E-state index contributed by atoms with van der Waals surface area (Å²) < 4.78 is 0. The van der Waals surface area contributed by atoms with Crippen LogP contribution in [0.15, 0.2) is 176 Å². The van der Waals surface area contributed by atoms with E-state index in [1.807, 2.05) is 24.3 Å². The van der Waals surface area contributed by atoms with Gasteiger partial charge in [-0.1, -0.05) is 170 Å². The molecule has 9 aromatic rings. The molecule has 3 heteroatoms. The molecule has 0 spiro atoms. The van der Waals surface area contributed by atoms with Crippen molar-refractivity contribution in [1.82, 2.24) is 15.0 Å². The molecule has 0 saturated heterocycles. The van der Waals surface area contributed by atoms with E-state index in [4.69, 9.17) is 15.0 Å². The van der Waals surface area contributed by atoms with Crippen molar-refractivity contribution in [2.24, 2.45) is 0 Å². The van der Waals surface area contributed by atoms with Crippen molar-refractivity contribution in [3.63, 3.8) is 0 Å². The molecule has 0 unspecified atom stereocenters. The fraction of sp³-hybridized carbons (Fsp3) is 0. The van der Waals surface area contributed by atoms with Crippen LogP contribution < -0.4 is 0 Å². The summed E-state index contributed by atoms with van der Waals surface area (Å²) in [6.07, 6.45) is 0. The summed E-state index contributed by atoms with van der Waals surface area (Å²) in [5.74, 6) is 1.95. The number of fused-ring (bicyclic) bond motifs is 3. The second-order valence-corrected chi connectivity index (χ2v) is 12.0. The van der Waals surface area contributed by atoms with Crippen LogP contribution in [0.25, 0.3) is 88.7 Å². The highest BCUT2D eigenvalue weighted by atomic mass is 15.0. The van der Waals surface area contributed by atoms with Crippen molar-refractivity contribution in [2.45, 2.75) is 0 Å². The van der Waals surface area contributed by atoms with Crippen LogP contribution in [0.3, 0.4) is 0 Å². The second kappa shape index (κ2) is 11.7. The minimum atomic E-state index is 0.644. The molecule has 3 nitrogen and oxygen atoms in total. The fourth-order valence-electron chi connectivity index (χ4n) is 6.80. The lowest BCUT2D eigenvalue weighted by atomic mass is 9.87. The van der Waals surface area contributed by atoms with E-state index in [-0.39, 0.29) is 0 Å². The quantitative estimate of drug-likeness (QED) is 0.182. The molecule has 0 N–H and O–H groups in total. The van der Waals surface area contributed by atoms with E-state index >= 15 is 0 Å². The van der Waals surface area contributed by atoms with Crippen molar-refractivity contribution in [2.75, 3.05) is 0 Å². The van der Waals surface area contributed by atoms with E-state index in [1.165, 1.54) is 27.5 Å². The Kier molecular flexibility index (Phi) is 6.80. The minimum Gasteiger partial charge on any atom is -0.208 e. The van der Waals surface area contributed by atoms with Crippen molar-refractivity contribution in [3.05, 3.63) is 176 Å². The second-order valence-electron chi connectivity index (χ2n) is 12.0. The smallest absolute Gasteiger partial charge is 0.165 e. The summed E-state index contributed by atoms with van der Waals surface area (Å²) in [6.45, 7) is 0. The van der Waals surface area contributed by atoms with Gasteiger partial charge >= 0.3 is 0 Å². The number of hydrogen-bond donors (Lipinski definition) is 0. The molecule has 0 aliphatic rings. The lowest BCUT2D eigenvalue weighted by molar-refractivity contribution is 1.08. The van der Waals surface area contributed by atoms with Gasteiger partial charge in [-0.2, -0.15) is 0 Å². The Labute approximate surface area is 278 Å². The van der Waals surface area contributed by atoms with Gasteiger partial charge < -0.3 is 0 Å². The number of nitrogens with zero attached hydrogens (tertiary/aromatic N) is 3. The molecular formula is C45H29N3. The van der Waals surface area contributed by atoms with E-state index in [0.717, 1.165) is 43.8 Å². The van der Waals surface area contributed by atoms with Gasteiger partial charge in [-0.25, -0.2) is 15.0 Å². The monoisotopic (exact) mass is 611 g/mol. The topological polar surface area (TPSA) is 38.7 Å². The van der Waals surface area contributed by atoms with Crippen molar-refractivity contribution >= 4 is 32.3 Å². The van der Waals surface area contributed by atoms with Crippen LogP contribution >= 0.6 is 0 Å². The van der Waals surface area contributed by atoms with E-state index in [0.29, 0.717) is 17.5 Å². The number of rotatable bonds is 5. The molecule has 0 bridgehead atoms. The van der Waals surface area contributed by atoms with Crippen LogP contribution in [0.1, 0.15) is 0 Å². The molecule has 0 radical (unpaired) electrons. The molecule has 224 valence electrons. The van der Waals surface area contributed by atoms with Gasteiger partial charge in [0.1, 0.15) is 0 Å². The molecule has 48 heavy (non-hydrogen) atoms. The Bertz CT molecular complexity index is 2540. The molecule has 0 fully saturated rings. The summed E-state index contributed by atoms with van der Waals surface area (Å²) in [7, 11) is 0. The number of hydrogen-bond acceptors (Lipinski definition) is 3. The summed E-state index contributed by atoms with van der Waals surface area (Å²) in [5.41, 5.74) is 7.62. The zero-order valence-corrected chi connectivity index (χ0v) is 26.1. The number of benzene rings is 8. The van der Waals surface area contributed by atoms with Crippen molar-refractivity contribution in [3.8, 4) is 56.4 Å². The minimum absolute atomic E-state index is 0.644. The van der Waals surface area contributed by atoms with Crippen LogP contribution in [0.2, 0.25) is 0 Å². The van der Waals surface area contributed by atoms with Crippen LogP contribution in [-0.4, -0.2) is 15.0 Å². The molecule has 1 aromatic heterocycles. The summed E-state index contributed by atoms with van der Waals surface area (Å²) in [4.78, 5) is 15.4. The van der Waals surface area contributed by atoms with E-state index in [2.05, 4.69) is 152 Å². The molecular weight excluding hydrogens is 583 g/mol. The standard InChI is InChI=1S/C45H29N3/c1-3-13-30(14-4-1)32-23-26-34(27-24-32)44-46-43(33-16-5-2-6-17-33)47-45(48-44)42-39-21-11-9-19-37(39)41(38-20-10-12-22-40(38)42)36-28-25-31-15-7-8-18-35(31)29-36/h1-29H. The maximum atomic E-state index is 5.22. The summed E-state index contributed by atoms with van der Waals surface area (Å²) >= 11 is 0. The van der Waals surface area contributed by atoms with Gasteiger partial charge in [0.15, 0.2) is 17.5 Å². The Morgan fingerprint density at radius 2 is 0.646 bits per heavy atom. The van der Waals surface area contributed by atoms with Gasteiger partial charge in [0.25, 0.3) is 0 Å². The average molecular weight is 612 g/mol. The van der Waals surface area contributed by atoms with E-state index < -0.39 is 0 Å². The zero-order chi connectivity index (χ0) is 31.9. The predicted molar refractivity (Wildman–Crippen MR) is 200 cm³/mol. The third-order valence-corrected chi connectivity index (χ3v) is 9.11. The van der Waals surface area contributed by atoms with Gasteiger partial charge in [0, 0.05) is 16.7 Å². The molecule has 9 rings (SSSR count). The maximum absolute atomic E-state index is 5.22. The lowest BCUT2D eigenvalue weighted by Crippen LogP contribution is -2.01. The lowest BCUT2D eigenvalue weighted by Gasteiger charge is -2.18. The Hall–Kier alpha value is -6.45. The summed E-state index contributed by atoms with van der Waals surface area (Å²) in [5, 5.41) is 6.99. The zero-order valence-electron chi connectivity index (χ0n) is 26.1. The van der Waals surface area contributed by atoms with Crippen LogP contribution in [0, 0.1) is 0 Å². The van der Waals surface area contributed by atoms with Crippen molar-refractivity contribution in [1.29, 1.82) is 0 Å². The molecule has 8 aromatic carbocycles. The first-order valence-electron chi connectivity index (χ1n) is 16.2. The first-order chi connectivity index (χ1) is 23.8. The largest absolute Gasteiger partial charge is 0.208 e. The first kappa shape index (κ1) is 27.8. The highest BCUT2D eigenvalue weighted by Crippen LogP contribution is 2.43. The molecule has 0 amide bonds. The third kappa shape index (κ3) is 4.90. The molecule has 0 aliphatic heterocycles. The highest BCUT2D eigenvalue weighted by Gasteiger charge is 2.20.